The quantitative estimate of drug-likeness (QED) is 0.411. The Labute approximate surface area is 108 Å². The fourth-order valence-corrected chi connectivity index (χ4v) is 2.25. The van der Waals surface area contributed by atoms with Crippen molar-refractivity contribution in [1.29, 1.82) is 0 Å². The second-order valence-corrected chi connectivity index (χ2v) is 4.75. The van der Waals surface area contributed by atoms with Crippen LogP contribution in [0.5, 0.6) is 0 Å². The molecule has 1 unspecified atom stereocenters. The summed E-state index contributed by atoms with van der Waals surface area (Å²) in [6.07, 6.45) is 1.97. The van der Waals surface area contributed by atoms with E-state index in [1.807, 2.05) is 0 Å². The van der Waals surface area contributed by atoms with Crippen molar-refractivity contribution >= 4 is 28.1 Å². The zero-order chi connectivity index (χ0) is 13.0. The summed E-state index contributed by atoms with van der Waals surface area (Å²) in [6.45, 7) is 1.13. The van der Waals surface area contributed by atoms with Gasteiger partial charge < -0.3 is 21.0 Å². The summed E-state index contributed by atoms with van der Waals surface area (Å²) in [5, 5.41) is 16.4. The number of rotatable bonds is 4. The van der Waals surface area contributed by atoms with Crippen LogP contribution in [0, 0.1) is 0 Å². The van der Waals surface area contributed by atoms with Crippen LogP contribution in [0.15, 0.2) is 10.5 Å². The molecule has 18 heavy (non-hydrogen) atoms. The largest absolute Gasteiger partial charge is 0.410 e. The molecule has 0 bridgehead atoms. The van der Waals surface area contributed by atoms with E-state index in [2.05, 4.69) is 15.5 Å². The maximum Gasteiger partial charge on any atom is 0.275 e. The van der Waals surface area contributed by atoms with Crippen LogP contribution < -0.4 is 11.1 Å². The second kappa shape index (κ2) is 5.78. The van der Waals surface area contributed by atoms with Crippen LogP contribution in [-0.4, -0.2) is 41.1 Å². The Morgan fingerprint density at radius 3 is 3.17 bits per heavy atom. The number of oxime groups is 1. The molecule has 7 nitrogen and oxygen atoms in total. The van der Waals surface area contributed by atoms with Crippen LogP contribution in [0.1, 0.15) is 18.5 Å². The standard InChI is InChI=1S/C10H14N4O3S/c11-10-13-7(5-18-10)8(14-16)9(15)12-4-6-2-1-3-17-6/h5-6,16H,1-4H2,(H2,11,13)(H,12,15)/b14-8-. The Morgan fingerprint density at radius 2 is 2.61 bits per heavy atom. The Bertz CT molecular complexity index is 454. The molecular formula is C10H14N4O3S. The summed E-state index contributed by atoms with van der Waals surface area (Å²) < 4.78 is 5.38. The molecule has 1 amide bonds. The maximum absolute atomic E-state index is 11.8. The average Bonchev–Trinajstić information content (AvgIpc) is 2.99. The lowest BCUT2D eigenvalue weighted by molar-refractivity contribution is -0.115. The van der Waals surface area contributed by atoms with Crippen molar-refractivity contribution in [2.75, 3.05) is 18.9 Å². The van der Waals surface area contributed by atoms with Crippen LogP contribution >= 0.6 is 11.3 Å². The van der Waals surface area contributed by atoms with Gasteiger partial charge in [-0.2, -0.15) is 0 Å². The monoisotopic (exact) mass is 270 g/mol. The van der Waals surface area contributed by atoms with E-state index >= 15 is 0 Å². The van der Waals surface area contributed by atoms with Gasteiger partial charge in [0.15, 0.2) is 10.8 Å². The number of ether oxygens (including phenoxy) is 1. The first-order valence-corrected chi connectivity index (χ1v) is 6.42. The fraction of sp³-hybridized carbons (Fsp3) is 0.500. The van der Waals surface area contributed by atoms with Crippen LogP contribution in [0.4, 0.5) is 5.13 Å². The number of nitrogen functional groups attached to an aromatic ring is 1. The average molecular weight is 270 g/mol. The summed E-state index contributed by atoms with van der Waals surface area (Å²) in [5.74, 6) is -0.488. The molecular weight excluding hydrogens is 256 g/mol. The van der Waals surface area contributed by atoms with Gasteiger partial charge in [0.25, 0.3) is 5.91 Å². The van der Waals surface area contributed by atoms with Gasteiger partial charge in [-0.1, -0.05) is 5.16 Å². The summed E-state index contributed by atoms with van der Waals surface area (Å²) in [6, 6.07) is 0. The number of hydrogen-bond donors (Lipinski definition) is 3. The first kappa shape index (κ1) is 12.8. The number of nitrogens with one attached hydrogen (secondary N) is 1. The smallest absolute Gasteiger partial charge is 0.275 e. The van der Waals surface area contributed by atoms with E-state index in [9.17, 15) is 4.79 Å². The van der Waals surface area contributed by atoms with E-state index in [0.29, 0.717) is 11.7 Å². The molecule has 1 atom stereocenters. The predicted molar refractivity (Wildman–Crippen MR) is 66.8 cm³/mol. The van der Waals surface area contributed by atoms with E-state index in [1.165, 1.54) is 11.3 Å². The molecule has 1 aliphatic rings. The van der Waals surface area contributed by atoms with E-state index in [4.69, 9.17) is 15.7 Å². The van der Waals surface area contributed by atoms with Crippen molar-refractivity contribution in [2.24, 2.45) is 5.16 Å². The highest BCUT2D eigenvalue weighted by Crippen LogP contribution is 2.13. The molecule has 8 heteroatoms. The number of thiazole rings is 1. The topological polar surface area (TPSA) is 110 Å². The number of amides is 1. The first-order valence-electron chi connectivity index (χ1n) is 5.54. The lowest BCUT2D eigenvalue weighted by Gasteiger charge is -2.10. The molecule has 0 saturated carbocycles. The fourth-order valence-electron chi connectivity index (χ4n) is 1.70. The Balaban J connectivity index is 1.93. The molecule has 0 spiro atoms. The van der Waals surface area contributed by atoms with Gasteiger partial charge in [0.05, 0.1) is 6.10 Å². The molecule has 0 radical (unpaired) electrons. The van der Waals surface area contributed by atoms with Gasteiger partial charge in [-0.25, -0.2) is 4.98 Å². The zero-order valence-corrected chi connectivity index (χ0v) is 10.4. The molecule has 1 fully saturated rings. The minimum atomic E-state index is -0.488. The molecule has 0 aliphatic carbocycles. The molecule has 1 saturated heterocycles. The van der Waals surface area contributed by atoms with Crippen molar-refractivity contribution in [1.82, 2.24) is 10.3 Å². The number of hydrogen-bond acceptors (Lipinski definition) is 7. The molecule has 4 N–H and O–H groups in total. The minimum Gasteiger partial charge on any atom is -0.410 e. The Hall–Kier alpha value is -1.67. The molecule has 2 heterocycles. The normalized spacial score (nSPS) is 20.0. The highest BCUT2D eigenvalue weighted by molar-refractivity contribution is 7.13. The number of nitrogens with zero attached hydrogens (tertiary/aromatic N) is 2. The van der Waals surface area contributed by atoms with Crippen molar-refractivity contribution in [3.63, 3.8) is 0 Å². The minimum absolute atomic E-state index is 0.0365. The van der Waals surface area contributed by atoms with Gasteiger partial charge in [-0.3, -0.25) is 4.79 Å². The highest BCUT2D eigenvalue weighted by Gasteiger charge is 2.21. The molecule has 1 aliphatic heterocycles. The zero-order valence-electron chi connectivity index (χ0n) is 9.63. The van der Waals surface area contributed by atoms with Crippen molar-refractivity contribution in [3.05, 3.63) is 11.1 Å². The van der Waals surface area contributed by atoms with Gasteiger partial charge in [-0.05, 0) is 12.8 Å². The van der Waals surface area contributed by atoms with Gasteiger partial charge in [0.1, 0.15) is 5.69 Å². The SMILES string of the molecule is Nc1nc(/C(=N/O)C(=O)NCC2CCCO2)cs1. The van der Waals surface area contributed by atoms with Gasteiger partial charge in [0, 0.05) is 18.5 Å². The third-order valence-corrected chi connectivity index (χ3v) is 3.27. The molecule has 0 aromatic carbocycles. The third-order valence-electron chi connectivity index (χ3n) is 2.59. The van der Waals surface area contributed by atoms with E-state index in [1.54, 1.807) is 5.38 Å². The summed E-state index contributed by atoms with van der Waals surface area (Å²) >= 11 is 1.18. The molecule has 1 aromatic rings. The van der Waals surface area contributed by atoms with E-state index < -0.39 is 5.91 Å². The predicted octanol–water partition coefficient (Wildman–Crippen LogP) is 0.199. The highest BCUT2D eigenvalue weighted by atomic mass is 32.1. The van der Waals surface area contributed by atoms with Crippen LogP contribution in [-0.2, 0) is 9.53 Å². The summed E-state index contributed by atoms with van der Waals surface area (Å²) in [7, 11) is 0. The molecule has 98 valence electrons. The van der Waals surface area contributed by atoms with Crippen molar-refractivity contribution in [3.8, 4) is 0 Å². The van der Waals surface area contributed by atoms with E-state index in [-0.39, 0.29) is 17.5 Å². The number of carbonyl (C=O) groups is 1. The number of anilines is 1. The Morgan fingerprint density at radius 1 is 1.78 bits per heavy atom. The maximum atomic E-state index is 11.8. The Kier molecular flexibility index (Phi) is 4.11. The number of nitrogens with two attached hydrogens (primary N) is 1. The van der Waals surface area contributed by atoms with Crippen LogP contribution in [0.3, 0.4) is 0 Å². The van der Waals surface area contributed by atoms with Gasteiger partial charge in [-0.15, -0.1) is 11.3 Å². The van der Waals surface area contributed by atoms with Gasteiger partial charge in [0.2, 0.25) is 0 Å². The summed E-state index contributed by atoms with van der Waals surface area (Å²) in [4.78, 5) is 15.7. The second-order valence-electron chi connectivity index (χ2n) is 3.86. The first-order chi connectivity index (χ1) is 8.70. The van der Waals surface area contributed by atoms with Crippen molar-refractivity contribution < 1.29 is 14.7 Å². The van der Waals surface area contributed by atoms with Gasteiger partial charge >= 0.3 is 0 Å². The third kappa shape index (κ3) is 2.96. The van der Waals surface area contributed by atoms with Crippen molar-refractivity contribution in [2.45, 2.75) is 18.9 Å². The van der Waals surface area contributed by atoms with Crippen LogP contribution in [0.2, 0.25) is 0 Å². The lowest BCUT2D eigenvalue weighted by Crippen LogP contribution is -2.37. The molecule has 1 aromatic heterocycles. The lowest BCUT2D eigenvalue weighted by atomic mass is 10.2. The van der Waals surface area contributed by atoms with E-state index in [0.717, 1.165) is 19.4 Å². The molecule has 2 rings (SSSR count). The number of aromatic nitrogens is 1. The number of carbonyl (C=O) groups excluding carboxylic acids is 1. The van der Waals surface area contributed by atoms with Crippen LogP contribution in [0.25, 0.3) is 0 Å². The summed E-state index contributed by atoms with van der Waals surface area (Å²) in [5.41, 5.74) is 5.59.